The van der Waals surface area contributed by atoms with Crippen LogP contribution < -0.4 is 0 Å². The number of nitrogens with zero attached hydrogens (tertiary/aromatic N) is 3. The van der Waals surface area contributed by atoms with Gasteiger partial charge in [-0.2, -0.15) is 4.31 Å². The highest BCUT2D eigenvalue weighted by Crippen LogP contribution is 2.39. The molecule has 0 bridgehead atoms. The molecule has 0 radical (unpaired) electrons. The van der Waals surface area contributed by atoms with Crippen LogP contribution in [0.2, 0.25) is 0 Å². The topological polar surface area (TPSA) is 53.5 Å². The molecule has 1 aliphatic carbocycles. The van der Waals surface area contributed by atoms with Crippen LogP contribution >= 0.6 is 0 Å². The van der Waals surface area contributed by atoms with E-state index in [0.29, 0.717) is 12.6 Å². The van der Waals surface area contributed by atoms with Gasteiger partial charge >= 0.3 is 0 Å². The van der Waals surface area contributed by atoms with E-state index in [1.165, 1.54) is 0 Å². The molecule has 3 fully saturated rings. The van der Waals surface area contributed by atoms with E-state index >= 15 is 0 Å². The van der Waals surface area contributed by atoms with Crippen LogP contribution in [0.3, 0.4) is 0 Å². The number of aryl methyl sites for hydroxylation is 1. The number of rotatable bonds is 4. The van der Waals surface area contributed by atoms with Crippen LogP contribution in [0.4, 0.5) is 0 Å². The van der Waals surface area contributed by atoms with E-state index in [0.717, 1.165) is 50.2 Å². The lowest BCUT2D eigenvalue weighted by Crippen LogP contribution is -2.41. The average Bonchev–Trinajstić information content (AvgIpc) is 3.14. The molecule has 2 saturated heterocycles. The Morgan fingerprint density at radius 2 is 1.91 bits per heavy atom. The van der Waals surface area contributed by atoms with E-state index in [1.54, 1.807) is 0 Å². The number of hydrogen-bond donors (Lipinski definition) is 0. The molecule has 2 aliphatic heterocycles. The molecule has 0 N–H and O–H groups in total. The quantitative estimate of drug-likeness (QED) is 0.844. The molecule has 1 aromatic rings. The highest BCUT2D eigenvalue weighted by atomic mass is 32.2. The van der Waals surface area contributed by atoms with Crippen LogP contribution in [0, 0.1) is 6.92 Å². The summed E-state index contributed by atoms with van der Waals surface area (Å²) in [4.78, 5) is 7.01. The monoisotopic (exact) mass is 321 g/mol. The fourth-order valence-corrected chi connectivity index (χ4v) is 6.10. The van der Waals surface area contributed by atoms with Crippen LogP contribution in [0.15, 0.2) is 18.2 Å². The molecule has 0 spiro atoms. The number of hydrogen-bond acceptors (Lipinski definition) is 4. The molecule has 120 valence electrons. The molecule has 3 aliphatic rings. The summed E-state index contributed by atoms with van der Waals surface area (Å²) in [5.74, 6) is 0. The first-order valence-electron chi connectivity index (χ1n) is 8.23. The highest BCUT2D eigenvalue weighted by molar-refractivity contribution is 7.90. The molecule has 22 heavy (non-hydrogen) atoms. The van der Waals surface area contributed by atoms with Crippen molar-refractivity contribution < 1.29 is 8.42 Å². The molecule has 3 heterocycles. The van der Waals surface area contributed by atoms with Crippen molar-refractivity contribution in [3.8, 4) is 0 Å². The largest absolute Gasteiger partial charge is 0.293 e. The lowest BCUT2D eigenvalue weighted by Gasteiger charge is -2.25. The van der Waals surface area contributed by atoms with E-state index in [2.05, 4.69) is 16.0 Å². The van der Waals surface area contributed by atoms with Gasteiger partial charge in [-0.1, -0.05) is 6.07 Å². The van der Waals surface area contributed by atoms with Gasteiger partial charge in [0.05, 0.1) is 10.9 Å². The predicted molar refractivity (Wildman–Crippen MR) is 84.8 cm³/mol. The van der Waals surface area contributed by atoms with E-state index in [4.69, 9.17) is 0 Å². The number of fused-ring (bicyclic) bond motifs is 1. The number of likely N-dealkylation sites (tertiary alicyclic amines) is 1. The molecular weight excluding hydrogens is 298 g/mol. The summed E-state index contributed by atoms with van der Waals surface area (Å²) in [7, 11) is -3.03. The molecule has 0 unspecified atom stereocenters. The second kappa shape index (κ2) is 5.28. The Balaban J connectivity index is 1.48. The molecule has 1 saturated carbocycles. The molecule has 6 heteroatoms. The maximum Gasteiger partial charge on any atom is 0.217 e. The van der Waals surface area contributed by atoms with Crippen molar-refractivity contribution in [1.29, 1.82) is 0 Å². The first kappa shape index (κ1) is 14.6. The Hall–Kier alpha value is -0.980. The number of pyridine rings is 1. The maximum absolute atomic E-state index is 12.5. The van der Waals surface area contributed by atoms with E-state index in [9.17, 15) is 8.42 Å². The summed E-state index contributed by atoms with van der Waals surface area (Å²) in [6.07, 6.45) is 3.63. The van der Waals surface area contributed by atoms with Crippen LogP contribution in [0.25, 0.3) is 0 Å². The van der Waals surface area contributed by atoms with Crippen molar-refractivity contribution in [1.82, 2.24) is 14.2 Å². The number of aromatic nitrogens is 1. The Bertz CT molecular complexity index is 672. The molecule has 0 amide bonds. The lowest BCUT2D eigenvalue weighted by molar-refractivity contribution is 0.237. The standard InChI is InChI=1S/C16H23N3O2S/c1-12-3-2-4-13(17-12)11-18-9-7-16-15(18)8-10-19(16)22(20,21)14-5-6-14/h2-4,14-16H,5-11H2,1H3/t15-,16+/m0/s1. The first-order chi connectivity index (χ1) is 10.6. The fourth-order valence-electron chi connectivity index (χ4n) is 4.00. The van der Waals surface area contributed by atoms with Gasteiger partial charge in [-0.3, -0.25) is 9.88 Å². The summed E-state index contributed by atoms with van der Waals surface area (Å²) in [5.41, 5.74) is 2.13. The molecule has 0 aromatic carbocycles. The van der Waals surface area contributed by atoms with Gasteiger partial charge in [0.2, 0.25) is 10.0 Å². The Morgan fingerprint density at radius 3 is 2.64 bits per heavy atom. The van der Waals surface area contributed by atoms with Gasteiger partial charge in [0.25, 0.3) is 0 Å². The summed E-state index contributed by atoms with van der Waals surface area (Å²) in [6, 6.07) is 6.68. The minimum Gasteiger partial charge on any atom is -0.293 e. The second-order valence-electron chi connectivity index (χ2n) is 6.81. The van der Waals surface area contributed by atoms with Gasteiger partial charge in [0, 0.05) is 37.4 Å². The molecular formula is C16H23N3O2S. The van der Waals surface area contributed by atoms with E-state index in [-0.39, 0.29) is 11.3 Å². The van der Waals surface area contributed by atoms with Gasteiger partial charge in [-0.05, 0) is 44.7 Å². The summed E-state index contributed by atoms with van der Waals surface area (Å²) in [5, 5.41) is -0.0845. The molecule has 1 aromatic heterocycles. The minimum absolute atomic E-state index is 0.0845. The zero-order chi connectivity index (χ0) is 15.3. The third-order valence-electron chi connectivity index (χ3n) is 5.22. The van der Waals surface area contributed by atoms with E-state index < -0.39 is 10.0 Å². The van der Waals surface area contributed by atoms with Crippen molar-refractivity contribution in [3.63, 3.8) is 0 Å². The van der Waals surface area contributed by atoms with Crippen LogP contribution in [0.5, 0.6) is 0 Å². The van der Waals surface area contributed by atoms with Gasteiger partial charge in [-0.25, -0.2) is 8.42 Å². The normalized spacial score (nSPS) is 29.9. The first-order valence-corrected chi connectivity index (χ1v) is 9.73. The van der Waals surface area contributed by atoms with Crippen LogP contribution in [-0.2, 0) is 16.6 Å². The smallest absolute Gasteiger partial charge is 0.217 e. The predicted octanol–water partition coefficient (Wildman–Crippen LogP) is 1.53. The van der Waals surface area contributed by atoms with Gasteiger partial charge in [0.1, 0.15) is 0 Å². The SMILES string of the molecule is Cc1cccc(CN2CC[C@@H]3[C@@H]2CCN3S(=O)(=O)C2CC2)n1. The highest BCUT2D eigenvalue weighted by Gasteiger charge is 2.50. The van der Waals surface area contributed by atoms with E-state index in [1.807, 2.05) is 23.4 Å². The summed E-state index contributed by atoms with van der Waals surface area (Å²) < 4.78 is 26.9. The Morgan fingerprint density at radius 1 is 1.14 bits per heavy atom. The summed E-state index contributed by atoms with van der Waals surface area (Å²) in [6.45, 7) is 4.52. The molecule has 5 nitrogen and oxygen atoms in total. The van der Waals surface area contributed by atoms with Crippen molar-refractivity contribution in [2.24, 2.45) is 0 Å². The van der Waals surface area contributed by atoms with Crippen LogP contribution in [0.1, 0.15) is 37.1 Å². The maximum atomic E-state index is 12.5. The fraction of sp³-hybridized carbons (Fsp3) is 0.688. The van der Waals surface area contributed by atoms with Crippen molar-refractivity contribution in [3.05, 3.63) is 29.6 Å². The lowest BCUT2D eigenvalue weighted by atomic mass is 10.1. The molecule has 2 atom stereocenters. The summed E-state index contributed by atoms with van der Waals surface area (Å²) >= 11 is 0. The van der Waals surface area contributed by atoms with Crippen LogP contribution in [-0.4, -0.2) is 53.0 Å². The zero-order valence-electron chi connectivity index (χ0n) is 13.0. The number of sulfonamides is 1. The Kier molecular flexibility index (Phi) is 3.51. The minimum atomic E-state index is -3.03. The average molecular weight is 321 g/mol. The van der Waals surface area contributed by atoms with Gasteiger partial charge in [-0.15, -0.1) is 0 Å². The Labute approximate surface area is 132 Å². The zero-order valence-corrected chi connectivity index (χ0v) is 13.8. The second-order valence-corrected chi connectivity index (χ2v) is 8.97. The molecule has 4 rings (SSSR count). The third kappa shape index (κ3) is 2.47. The van der Waals surface area contributed by atoms with Gasteiger partial charge in [0.15, 0.2) is 0 Å². The van der Waals surface area contributed by atoms with Crippen molar-refractivity contribution >= 4 is 10.0 Å². The van der Waals surface area contributed by atoms with Gasteiger partial charge < -0.3 is 0 Å². The van der Waals surface area contributed by atoms with Crippen molar-refractivity contribution in [2.75, 3.05) is 13.1 Å². The third-order valence-corrected chi connectivity index (χ3v) is 7.64. The van der Waals surface area contributed by atoms with Crippen molar-refractivity contribution in [2.45, 2.75) is 56.5 Å².